The SMILES string of the molecule is CC(=O)Cc1cccc2c1CCC2. The third kappa shape index (κ3) is 1.64. The number of hydrogen-bond donors (Lipinski definition) is 0. The number of rotatable bonds is 2. The van der Waals surface area contributed by atoms with E-state index in [0.29, 0.717) is 6.42 Å². The van der Waals surface area contributed by atoms with E-state index in [4.69, 9.17) is 0 Å². The lowest BCUT2D eigenvalue weighted by Crippen LogP contribution is -2.00. The van der Waals surface area contributed by atoms with Crippen LogP contribution in [0.5, 0.6) is 0 Å². The molecule has 1 aliphatic carbocycles. The fourth-order valence-electron chi connectivity index (χ4n) is 2.13. The standard InChI is InChI=1S/C12H14O/c1-9(13)8-11-6-2-4-10-5-3-7-12(10)11/h2,4,6H,3,5,7-8H2,1H3. The molecule has 0 radical (unpaired) electrons. The molecule has 0 saturated heterocycles. The molecule has 0 heterocycles. The smallest absolute Gasteiger partial charge is 0.134 e. The molecule has 1 aromatic carbocycles. The predicted octanol–water partition coefficient (Wildman–Crippen LogP) is 2.31. The molecular formula is C12H14O. The Morgan fingerprint density at radius 3 is 3.00 bits per heavy atom. The van der Waals surface area contributed by atoms with Gasteiger partial charge in [0.2, 0.25) is 0 Å². The molecule has 0 fully saturated rings. The molecule has 0 spiro atoms. The van der Waals surface area contributed by atoms with E-state index in [1.165, 1.54) is 36.0 Å². The van der Waals surface area contributed by atoms with Gasteiger partial charge in [-0.2, -0.15) is 0 Å². The van der Waals surface area contributed by atoms with E-state index in [9.17, 15) is 4.79 Å². The van der Waals surface area contributed by atoms with Crippen molar-refractivity contribution >= 4 is 5.78 Å². The highest BCUT2D eigenvalue weighted by molar-refractivity contribution is 5.78. The molecule has 1 heteroatoms. The average Bonchev–Trinajstić information content (AvgIpc) is 2.51. The van der Waals surface area contributed by atoms with Gasteiger partial charge in [0, 0.05) is 6.42 Å². The maximum Gasteiger partial charge on any atom is 0.134 e. The third-order valence-electron chi connectivity index (χ3n) is 2.68. The monoisotopic (exact) mass is 174 g/mol. The lowest BCUT2D eigenvalue weighted by Gasteiger charge is -2.05. The van der Waals surface area contributed by atoms with Crippen LogP contribution in [-0.4, -0.2) is 5.78 Å². The van der Waals surface area contributed by atoms with E-state index >= 15 is 0 Å². The summed E-state index contributed by atoms with van der Waals surface area (Å²) in [5.74, 6) is 0.264. The van der Waals surface area contributed by atoms with Crippen LogP contribution in [0.4, 0.5) is 0 Å². The molecule has 0 aromatic heterocycles. The molecule has 1 aliphatic rings. The van der Waals surface area contributed by atoms with Crippen molar-refractivity contribution in [2.24, 2.45) is 0 Å². The number of carbonyl (C=O) groups excluding carboxylic acids is 1. The minimum Gasteiger partial charge on any atom is -0.300 e. The molecule has 0 saturated carbocycles. The zero-order chi connectivity index (χ0) is 9.26. The highest BCUT2D eigenvalue weighted by atomic mass is 16.1. The zero-order valence-corrected chi connectivity index (χ0v) is 7.97. The van der Waals surface area contributed by atoms with Gasteiger partial charge in [0.05, 0.1) is 0 Å². The van der Waals surface area contributed by atoms with Crippen molar-refractivity contribution in [3.05, 3.63) is 34.9 Å². The van der Waals surface area contributed by atoms with Crippen LogP contribution < -0.4 is 0 Å². The van der Waals surface area contributed by atoms with Crippen LogP contribution >= 0.6 is 0 Å². The Kier molecular flexibility index (Phi) is 2.17. The maximum atomic E-state index is 11.0. The first kappa shape index (κ1) is 8.49. The highest BCUT2D eigenvalue weighted by Gasteiger charge is 2.14. The lowest BCUT2D eigenvalue weighted by molar-refractivity contribution is -0.116. The molecule has 0 N–H and O–H groups in total. The quantitative estimate of drug-likeness (QED) is 0.672. The number of fused-ring (bicyclic) bond motifs is 1. The van der Waals surface area contributed by atoms with Crippen molar-refractivity contribution in [3.8, 4) is 0 Å². The third-order valence-corrected chi connectivity index (χ3v) is 2.68. The largest absolute Gasteiger partial charge is 0.300 e. The van der Waals surface area contributed by atoms with Gasteiger partial charge in [-0.05, 0) is 42.9 Å². The van der Waals surface area contributed by atoms with Crippen molar-refractivity contribution in [1.29, 1.82) is 0 Å². The summed E-state index contributed by atoms with van der Waals surface area (Å²) in [6.45, 7) is 1.66. The average molecular weight is 174 g/mol. The van der Waals surface area contributed by atoms with Crippen molar-refractivity contribution < 1.29 is 4.79 Å². The Morgan fingerprint density at radius 2 is 2.23 bits per heavy atom. The van der Waals surface area contributed by atoms with E-state index in [1.807, 2.05) is 0 Å². The molecule has 0 bridgehead atoms. The van der Waals surface area contributed by atoms with Gasteiger partial charge in [-0.15, -0.1) is 0 Å². The fourth-order valence-corrected chi connectivity index (χ4v) is 2.13. The van der Waals surface area contributed by atoms with Gasteiger partial charge in [-0.1, -0.05) is 18.2 Å². The lowest BCUT2D eigenvalue weighted by atomic mass is 10.00. The summed E-state index contributed by atoms with van der Waals surface area (Å²) in [4.78, 5) is 11.0. The van der Waals surface area contributed by atoms with Gasteiger partial charge in [0.25, 0.3) is 0 Å². The topological polar surface area (TPSA) is 17.1 Å². The number of carbonyl (C=O) groups is 1. The van der Waals surface area contributed by atoms with E-state index in [-0.39, 0.29) is 5.78 Å². The van der Waals surface area contributed by atoms with Crippen molar-refractivity contribution in [3.63, 3.8) is 0 Å². The van der Waals surface area contributed by atoms with Crippen molar-refractivity contribution in [1.82, 2.24) is 0 Å². The first-order valence-corrected chi connectivity index (χ1v) is 4.86. The number of aryl methyl sites for hydroxylation is 1. The summed E-state index contributed by atoms with van der Waals surface area (Å²) in [6, 6.07) is 6.35. The Labute approximate surface area is 78.8 Å². The summed E-state index contributed by atoms with van der Waals surface area (Å²) in [5, 5.41) is 0. The minimum atomic E-state index is 0.264. The van der Waals surface area contributed by atoms with Crippen LogP contribution in [-0.2, 0) is 24.1 Å². The number of hydrogen-bond acceptors (Lipinski definition) is 1. The van der Waals surface area contributed by atoms with E-state index < -0.39 is 0 Å². The molecule has 0 amide bonds. The first-order valence-electron chi connectivity index (χ1n) is 4.86. The van der Waals surface area contributed by atoms with Crippen LogP contribution in [0.15, 0.2) is 18.2 Å². The summed E-state index contributed by atoms with van der Waals surface area (Å²) >= 11 is 0. The van der Waals surface area contributed by atoms with Gasteiger partial charge in [-0.25, -0.2) is 0 Å². The maximum absolute atomic E-state index is 11.0. The normalized spacial score (nSPS) is 14.2. The van der Waals surface area contributed by atoms with Gasteiger partial charge >= 0.3 is 0 Å². The van der Waals surface area contributed by atoms with Gasteiger partial charge in [0.15, 0.2) is 0 Å². The number of Topliss-reactive ketones (excluding diaryl/α,β-unsaturated/α-hetero) is 1. The molecule has 0 atom stereocenters. The van der Waals surface area contributed by atoms with Crippen molar-refractivity contribution in [2.45, 2.75) is 32.6 Å². The summed E-state index contributed by atoms with van der Waals surface area (Å²) in [6.07, 6.45) is 4.23. The van der Waals surface area contributed by atoms with E-state index in [1.54, 1.807) is 6.92 Å². The van der Waals surface area contributed by atoms with Crippen LogP contribution in [0.25, 0.3) is 0 Å². The van der Waals surface area contributed by atoms with Crippen LogP contribution in [0.2, 0.25) is 0 Å². The molecule has 13 heavy (non-hydrogen) atoms. The number of benzene rings is 1. The van der Waals surface area contributed by atoms with Gasteiger partial charge in [-0.3, -0.25) is 4.79 Å². The Bertz CT molecular complexity index is 339. The molecule has 1 nitrogen and oxygen atoms in total. The van der Waals surface area contributed by atoms with Gasteiger partial charge in [0.1, 0.15) is 5.78 Å². The molecule has 1 aromatic rings. The molecular weight excluding hydrogens is 160 g/mol. The summed E-state index contributed by atoms with van der Waals surface area (Å²) in [7, 11) is 0. The van der Waals surface area contributed by atoms with E-state index in [2.05, 4.69) is 18.2 Å². The van der Waals surface area contributed by atoms with Crippen LogP contribution in [0.1, 0.15) is 30.0 Å². The minimum absolute atomic E-state index is 0.264. The summed E-state index contributed by atoms with van der Waals surface area (Å²) < 4.78 is 0. The number of ketones is 1. The first-order chi connectivity index (χ1) is 6.27. The van der Waals surface area contributed by atoms with Gasteiger partial charge < -0.3 is 0 Å². The molecule has 0 unspecified atom stereocenters. The zero-order valence-electron chi connectivity index (χ0n) is 7.97. The highest BCUT2D eigenvalue weighted by Crippen LogP contribution is 2.25. The Morgan fingerprint density at radius 1 is 1.38 bits per heavy atom. The Hall–Kier alpha value is -1.11. The second-order valence-corrected chi connectivity index (χ2v) is 3.79. The summed E-state index contributed by atoms with van der Waals surface area (Å²) in [5.41, 5.74) is 4.15. The van der Waals surface area contributed by atoms with Crippen LogP contribution in [0.3, 0.4) is 0 Å². The molecule has 0 aliphatic heterocycles. The van der Waals surface area contributed by atoms with E-state index in [0.717, 1.165) is 0 Å². The second kappa shape index (κ2) is 3.33. The van der Waals surface area contributed by atoms with Crippen LogP contribution in [0, 0.1) is 0 Å². The molecule has 68 valence electrons. The predicted molar refractivity (Wildman–Crippen MR) is 52.9 cm³/mol. The van der Waals surface area contributed by atoms with Crippen molar-refractivity contribution in [2.75, 3.05) is 0 Å². The second-order valence-electron chi connectivity index (χ2n) is 3.79. The Balaban J connectivity index is 2.36. The fraction of sp³-hybridized carbons (Fsp3) is 0.417. The molecule has 2 rings (SSSR count).